The minimum Gasteiger partial charge on any atom is -0.480 e. The minimum atomic E-state index is -1.06. The van der Waals surface area contributed by atoms with Crippen molar-refractivity contribution in [3.63, 3.8) is 0 Å². The van der Waals surface area contributed by atoms with Crippen molar-refractivity contribution in [2.24, 2.45) is 5.73 Å². The molecule has 80 valence electrons. The number of carboxylic acid groups (broad SMARTS) is 1. The SMILES string of the molecule is CC1O[C@H]1C(=O)NCCC(N)C(=O)O. The number of carboxylic acids is 1. The quantitative estimate of drug-likeness (QED) is 0.480. The number of rotatable bonds is 5. The second kappa shape index (κ2) is 4.39. The largest absolute Gasteiger partial charge is 0.480 e. The van der Waals surface area contributed by atoms with Gasteiger partial charge in [-0.2, -0.15) is 0 Å². The molecule has 0 aromatic carbocycles. The highest BCUT2D eigenvalue weighted by Crippen LogP contribution is 2.20. The summed E-state index contributed by atoms with van der Waals surface area (Å²) in [6, 6.07) is -0.923. The van der Waals surface area contributed by atoms with E-state index in [-0.39, 0.29) is 31.1 Å². The molecule has 1 aliphatic rings. The predicted molar refractivity (Wildman–Crippen MR) is 47.6 cm³/mol. The number of nitrogens with two attached hydrogens (primary N) is 1. The summed E-state index contributed by atoms with van der Waals surface area (Å²) >= 11 is 0. The van der Waals surface area contributed by atoms with Gasteiger partial charge in [0.25, 0.3) is 5.91 Å². The molecule has 0 spiro atoms. The van der Waals surface area contributed by atoms with E-state index < -0.39 is 12.0 Å². The molecule has 1 amide bonds. The number of amides is 1. The van der Waals surface area contributed by atoms with Crippen LogP contribution in [0.3, 0.4) is 0 Å². The molecule has 0 aliphatic carbocycles. The third kappa shape index (κ3) is 2.97. The molecule has 2 unspecified atom stereocenters. The Balaban J connectivity index is 2.09. The number of hydrogen-bond acceptors (Lipinski definition) is 4. The van der Waals surface area contributed by atoms with Crippen LogP contribution in [0.15, 0.2) is 0 Å². The van der Waals surface area contributed by atoms with Crippen LogP contribution < -0.4 is 11.1 Å². The van der Waals surface area contributed by atoms with E-state index in [4.69, 9.17) is 15.6 Å². The predicted octanol–water partition coefficient (Wildman–Crippen LogP) is -1.31. The Morgan fingerprint density at radius 2 is 2.21 bits per heavy atom. The summed E-state index contributed by atoms with van der Waals surface area (Å²) in [5, 5.41) is 11.0. The van der Waals surface area contributed by atoms with Crippen molar-refractivity contribution in [3.05, 3.63) is 0 Å². The van der Waals surface area contributed by atoms with Crippen molar-refractivity contribution in [2.75, 3.05) is 6.54 Å². The van der Waals surface area contributed by atoms with Gasteiger partial charge < -0.3 is 20.9 Å². The van der Waals surface area contributed by atoms with Crippen LogP contribution in [0.4, 0.5) is 0 Å². The topological polar surface area (TPSA) is 105 Å². The van der Waals surface area contributed by atoms with Gasteiger partial charge in [0.15, 0.2) is 6.10 Å². The molecule has 0 aromatic rings. The molecule has 1 fully saturated rings. The number of hydrogen-bond donors (Lipinski definition) is 3. The average molecular weight is 202 g/mol. The first-order valence-corrected chi connectivity index (χ1v) is 4.44. The van der Waals surface area contributed by atoms with E-state index in [9.17, 15) is 9.59 Å². The Morgan fingerprint density at radius 3 is 2.64 bits per heavy atom. The monoisotopic (exact) mass is 202 g/mol. The van der Waals surface area contributed by atoms with Crippen LogP contribution in [0.25, 0.3) is 0 Å². The number of carbonyl (C=O) groups is 2. The molecule has 6 heteroatoms. The maximum Gasteiger partial charge on any atom is 0.320 e. The van der Waals surface area contributed by atoms with Crippen LogP contribution in [0.2, 0.25) is 0 Å². The van der Waals surface area contributed by atoms with Gasteiger partial charge in [0.05, 0.1) is 6.10 Å². The molecule has 0 bridgehead atoms. The molecule has 14 heavy (non-hydrogen) atoms. The van der Waals surface area contributed by atoms with E-state index in [1.54, 1.807) is 6.92 Å². The number of nitrogens with one attached hydrogen (secondary N) is 1. The zero-order valence-electron chi connectivity index (χ0n) is 7.90. The smallest absolute Gasteiger partial charge is 0.320 e. The van der Waals surface area contributed by atoms with Crippen LogP contribution in [-0.4, -0.2) is 41.8 Å². The fourth-order valence-electron chi connectivity index (χ4n) is 1.04. The Kier molecular flexibility index (Phi) is 3.43. The summed E-state index contributed by atoms with van der Waals surface area (Å²) in [5.41, 5.74) is 5.24. The maximum atomic E-state index is 11.1. The lowest BCUT2D eigenvalue weighted by atomic mass is 10.2. The van der Waals surface area contributed by atoms with E-state index in [0.717, 1.165) is 0 Å². The summed E-state index contributed by atoms with van der Waals surface area (Å²) in [5.74, 6) is -1.26. The molecular formula is C8H14N2O4. The highest BCUT2D eigenvalue weighted by atomic mass is 16.6. The Hall–Kier alpha value is -1.14. The van der Waals surface area contributed by atoms with Crippen molar-refractivity contribution in [1.82, 2.24) is 5.32 Å². The van der Waals surface area contributed by atoms with Gasteiger partial charge >= 0.3 is 5.97 Å². The Morgan fingerprint density at radius 1 is 1.64 bits per heavy atom. The Bertz CT molecular complexity index is 243. The number of carbonyl (C=O) groups excluding carboxylic acids is 1. The van der Waals surface area contributed by atoms with Crippen LogP contribution >= 0.6 is 0 Å². The zero-order chi connectivity index (χ0) is 10.7. The highest BCUT2D eigenvalue weighted by molar-refractivity contribution is 5.83. The third-order valence-electron chi connectivity index (χ3n) is 2.04. The van der Waals surface area contributed by atoms with Gasteiger partial charge in [-0.15, -0.1) is 0 Å². The van der Waals surface area contributed by atoms with Crippen molar-refractivity contribution in [1.29, 1.82) is 0 Å². The molecule has 4 N–H and O–H groups in total. The minimum absolute atomic E-state index is 0.0249. The van der Waals surface area contributed by atoms with E-state index in [2.05, 4.69) is 5.32 Å². The zero-order valence-corrected chi connectivity index (χ0v) is 7.90. The van der Waals surface area contributed by atoms with E-state index >= 15 is 0 Å². The molecule has 6 nitrogen and oxygen atoms in total. The highest BCUT2D eigenvalue weighted by Gasteiger charge is 2.40. The summed E-state index contributed by atoms with van der Waals surface area (Å²) in [4.78, 5) is 21.5. The lowest BCUT2D eigenvalue weighted by molar-refractivity contribution is -0.138. The van der Waals surface area contributed by atoms with E-state index in [0.29, 0.717) is 0 Å². The van der Waals surface area contributed by atoms with Gasteiger partial charge in [-0.1, -0.05) is 0 Å². The first-order chi connectivity index (χ1) is 6.52. The normalized spacial score (nSPS) is 26.7. The van der Waals surface area contributed by atoms with E-state index in [1.807, 2.05) is 0 Å². The lowest BCUT2D eigenvalue weighted by Gasteiger charge is -2.06. The van der Waals surface area contributed by atoms with Crippen LogP contribution in [0.1, 0.15) is 13.3 Å². The second-order valence-corrected chi connectivity index (χ2v) is 3.29. The van der Waals surface area contributed by atoms with Gasteiger partial charge in [0, 0.05) is 6.54 Å². The summed E-state index contributed by atoms with van der Waals surface area (Å²) < 4.78 is 4.92. The number of epoxide rings is 1. The maximum absolute atomic E-state index is 11.1. The molecule has 0 aromatic heterocycles. The van der Waals surface area contributed by atoms with Gasteiger partial charge in [-0.25, -0.2) is 0 Å². The Labute approximate surface area is 81.4 Å². The molecule has 1 rings (SSSR count). The fourth-order valence-corrected chi connectivity index (χ4v) is 1.04. The second-order valence-electron chi connectivity index (χ2n) is 3.29. The fraction of sp³-hybridized carbons (Fsp3) is 0.750. The summed E-state index contributed by atoms with van der Waals surface area (Å²) in [6.07, 6.45) is -0.165. The van der Waals surface area contributed by atoms with Gasteiger partial charge in [-0.05, 0) is 13.3 Å². The van der Waals surface area contributed by atoms with Crippen LogP contribution in [-0.2, 0) is 14.3 Å². The average Bonchev–Trinajstić information content (AvgIpc) is 2.82. The molecule has 3 atom stereocenters. The summed E-state index contributed by atoms with van der Waals surface area (Å²) in [6.45, 7) is 2.06. The van der Waals surface area contributed by atoms with Crippen molar-refractivity contribution in [2.45, 2.75) is 31.6 Å². The first-order valence-electron chi connectivity index (χ1n) is 4.44. The number of aliphatic carboxylic acids is 1. The molecular weight excluding hydrogens is 188 g/mol. The van der Waals surface area contributed by atoms with Crippen LogP contribution in [0, 0.1) is 0 Å². The third-order valence-corrected chi connectivity index (χ3v) is 2.04. The van der Waals surface area contributed by atoms with Crippen molar-refractivity contribution >= 4 is 11.9 Å². The lowest BCUT2D eigenvalue weighted by Crippen LogP contribution is -2.36. The van der Waals surface area contributed by atoms with Crippen molar-refractivity contribution < 1.29 is 19.4 Å². The molecule has 1 saturated heterocycles. The van der Waals surface area contributed by atoms with Gasteiger partial charge in [0.1, 0.15) is 6.04 Å². The van der Waals surface area contributed by atoms with Crippen molar-refractivity contribution in [3.8, 4) is 0 Å². The van der Waals surface area contributed by atoms with E-state index in [1.165, 1.54) is 0 Å². The number of ether oxygens (including phenoxy) is 1. The van der Waals surface area contributed by atoms with Crippen LogP contribution in [0.5, 0.6) is 0 Å². The standard InChI is InChI=1S/C8H14N2O4/c1-4-6(14-4)7(11)10-3-2-5(9)8(12)13/h4-6H,2-3,9H2,1H3,(H,10,11)(H,12,13)/t4?,5?,6-/m1/s1. The van der Waals surface area contributed by atoms with Gasteiger partial charge in [0.2, 0.25) is 0 Å². The molecule has 1 heterocycles. The van der Waals surface area contributed by atoms with Gasteiger partial charge in [-0.3, -0.25) is 9.59 Å². The molecule has 0 saturated carbocycles. The summed E-state index contributed by atoms with van der Waals surface area (Å²) in [7, 11) is 0. The molecule has 1 aliphatic heterocycles. The first kappa shape index (κ1) is 10.9. The molecule has 0 radical (unpaired) electrons.